The number of carbonyl (C=O) groups is 1. The van der Waals surface area contributed by atoms with Crippen LogP contribution >= 0.6 is 0 Å². The van der Waals surface area contributed by atoms with Crippen LogP contribution < -0.4 is 10.6 Å². The third-order valence-electron chi connectivity index (χ3n) is 2.37. The van der Waals surface area contributed by atoms with Gasteiger partial charge in [0, 0.05) is 23.3 Å². The van der Waals surface area contributed by atoms with E-state index in [-0.39, 0.29) is 11.3 Å². The van der Waals surface area contributed by atoms with Gasteiger partial charge < -0.3 is 10.6 Å². The fourth-order valence-corrected chi connectivity index (χ4v) is 1.69. The van der Waals surface area contributed by atoms with Crippen molar-refractivity contribution in [2.24, 2.45) is 0 Å². The first kappa shape index (κ1) is 12.7. The number of rotatable bonds is 5. The molecule has 0 aliphatic rings. The van der Waals surface area contributed by atoms with Crippen molar-refractivity contribution in [3.63, 3.8) is 0 Å². The van der Waals surface area contributed by atoms with Crippen LogP contribution in [0.5, 0.6) is 0 Å². The summed E-state index contributed by atoms with van der Waals surface area (Å²) in [6, 6.07) is 7.59. The monoisotopic (exact) mass is 220 g/mol. The average molecular weight is 220 g/mol. The van der Waals surface area contributed by atoms with Crippen molar-refractivity contribution in [2.75, 3.05) is 18.9 Å². The number of benzene rings is 1. The van der Waals surface area contributed by atoms with Gasteiger partial charge >= 0.3 is 0 Å². The van der Waals surface area contributed by atoms with E-state index < -0.39 is 0 Å². The van der Waals surface area contributed by atoms with E-state index in [0.717, 1.165) is 17.8 Å². The molecular weight excluding hydrogens is 200 g/mol. The number of hydrogen-bond acceptors (Lipinski definition) is 3. The molecule has 3 nitrogen and oxygen atoms in total. The van der Waals surface area contributed by atoms with Crippen molar-refractivity contribution in [3.8, 4) is 0 Å². The first-order valence-electron chi connectivity index (χ1n) is 5.48. The smallest absolute Gasteiger partial charge is 0.159 e. The van der Waals surface area contributed by atoms with Gasteiger partial charge in [-0.15, -0.1) is 0 Å². The Bertz CT molecular complexity index is 372. The average Bonchev–Trinajstić information content (AvgIpc) is 2.17. The second-order valence-electron chi connectivity index (χ2n) is 4.68. The molecule has 0 atom stereocenters. The molecule has 0 fully saturated rings. The topological polar surface area (TPSA) is 41.1 Å². The predicted molar refractivity (Wildman–Crippen MR) is 68.1 cm³/mol. The van der Waals surface area contributed by atoms with Gasteiger partial charge in [-0.1, -0.05) is 12.1 Å². The molecule has 0 aliphatic heterocycles. The Labute approximate surface area is 97.2 Å². The summed E-state index contributed by atoms with van der Waals surface area (Å²) in [6.45, 7) is 6.67. The van der Waals surface area contributed by atoms with Crippen LogP contribution in [0.4, 0.5) is 5.69 Å². The molecule has 1 aromatic rings. The van der Waals surface area contributed by atoms with E-state index in [1.54, 1.807) is 6.92 Å². The fraction of sp³-hybridized carbons (Fsp3) is 0.462. The molecule has 0 aliphatic carbocycles. The SMILES string of the molecule is CNCC(C)(C)Nc1cccc(C(C)=O)c1. The van der Waals surface area contributed by atoms with Crippen LogP contribution in [0.25, 0.3) is 0 Å². The van der Waals surface area contributed by atoms with Crippen molar-refractivity contribution in [2.45, 2.75) is 26.3 Å². The lowest BCUT2D eigenvalue weighted by Gasteiger charge is -2.27. The molecule has 1 aromatic carbocycles. The van der Waals surface area contributed by atoms with Gasteiger partial charge in [0.15, 0.2) is 5.78 Å². The molecule has 0 spiro atoms. The zero-order chi connectivity index (χ0) is 12.2. The first-order chi connectivity index (χ1) is 7.44. The molecule has 0 saturated carbocycles. The summed E-state index contributed by atoms with van der Waals surface area (Å²) < 4.78 is 0. The summed E-state index contributed by atoms with van der Waals surface area (Å²) in [6.07, 6.45) is 0. The molecule has 0 amide bonds. The number of ketones is 1. The minimum atomic E-state index is -0.0375. The molecule has 1 rings (SSSR count). The van der Waals surface area contributed by atoms with Crippen LogP contribution in [0.2, 0.25) is 0 Å². The largest absolute Gasteiger partial charge is 0.379 e. The lowest BCUT2D eigenvalue weighted by Crippen LogP contribution is -2.40. The van der Waals surface area contributed by atoms with Gasteiger partial charge in [0.1, 0.15) is 0 Å². The summed E-state index contributed by atoms with van der Waals surface area (Å²) in [4.78, 5) is 11.2. The highest BCUT2D eigenvalue weighted by Crippen LogP contribution is 2.16. The third-order valence-corrected chi connectivity index (χ3v) is 2.37. The molecule has 88 valence electrons. The molecule has 0 radical (unpaired) electrons. The second-order valence-corrected chi connectivity index (χ2v) is 4.68. The van der Waals surface area contributed by atoms with E-state index >= 15 is 0 Å². The van der Waals surface area contributed by atoms with Crippen LogP contribution in [-0.2, 0) is 0 Å². The lowest BCUT2D eigenvalue weighted by atomic mass is 10.0. The molecule has 3 heteroatoms. The maximum absolute atomic E-state index is 11.2. The zero-order valence-electron chi connectivity index (χ0n) is 10.4. The standard InChI is InChI=1S/C13H20N2O/c1-10(16)11-6-5-7-12(8-11)15-13(2,3)9-14-4/h5-8,14-15H,9H2,1-4H3. The molecule has 16 heavy (non-hydrogen) atoms. The number of likely N-dealkylation sites (N-methyl/N-ethyl adjacent to an activating group) is 1. The number of Topliss-reactive ketones (excluding diaryl/α,β-unsaturated/α-hetero) is 1. The van der Waals surface area contributed by atoms with Gasteiger partial charge in [-0.25, -0.2) is 0 Å². The summed E-state index contributed by atoms with van der Waals surface area (Å²) in [5.74, 6) is 0.0927. The van der Waals surface area contributed by atoms with Crippen LogP contribution in [0.15, 0.2) is 24.3 Å². The van der Waals surface area contributed by atoms with Crippen molar-refractivity contribution in [3.05, 3.63) is 29.8 Å². The van der Waals surface area contributed by atoms with Crippen molar-refractivity contribution < 1.29 is 4.79 Å². The molecule has 0 aromatic heterocycles. The zero-order valence-corrected chi connectivity index (χ0v) is 10.4. The Morgan fingerprint density at radius 1 is 1.38 bits per heavy atom. The molecule has 0 unspecified atom stereocenters. The van der Waals surface area contributed by atoms with Crippen molar-refractivity contribution >= 4 is 11.5 Å². The molecule has 0 bridgehead atoms. The summed E-state index contributed by atoms with van der Waals surface area (Å²) in [7, 11) is 1.93. The van der Waals surface area contributed by atoms with E-state index in [1.807, 2.05) is 31.3 Å². The molecule has 0 saturated heterocycles. The van der Waals surface area contributed by atoms with Gasteiger partial charge in [-0.3, -0.25) is 4.79 Å². The molecular formula is C13H20N2O. The Morgan fingerprint density at radius 2 is 2.06 bits per heavy atom. The number of anilines is 1. The number of nitrogens with one attached hydrogen (secondary N) is 2. The summed E-state index contributed by atoms with van der Waals surface area (Å²) in [5.41, 5.74) is 1.68. The van der Waals surface area contributed by atoms with E-state index in [4.69, 9.17) is 0 Å². The van der Waals surface area contributed by atoms with Crippen molar-refractivity contribution in [1.82, 2.24) is 5.32 Å². The lowest BCUT2D eigenvalue weighted by molar-refractivity contribution is 0.101. The first-order valence-corrected chi connectivity index (χ1v) is 5.48. The van der Waals surface area contributed by atoms with Crippen LogP contribution in [-0.4, -0.2) is 24.9 Å². The Morgan fingerprint density at radius 3 is 2.62 bits per heavy atom. The summed E-state index contributed by atoms with van der Waals surface area (Å²) >= 11 is 0. The Kier molecular flexibility index (Phi) is 4.07. The summed E-state index contributed by atoms with van der Waals surface area (Å²) in [5, 5.41) is 6.54. The minimum Gasteiger partial charge on any atom is -0.379 e. The highest BCUT2D eigenvalue weighted by atomic mass is 16.1. The quantitative estimate of drug-likeness (QED) is 0.748. The van der Waals surface area contributed by atoms with Crippen LogP contribution in [0.1, 0.15) is 31.1 Å². The van der Waals surface area contributed by atoms with Crippen LogP contribution in [0, 0.1) is 0 Å². The minimum absolute atomic E-state index is 0.0375. The third kappa shape index (κ3) is 3.66. The maximum Gasteiger partial charge on any atom is 0.159 e. The normalized spacial score (nSPS) is 11.2. The highest BCUT2D eigenvalue weighted by molar-refractivity contribution is 5.94. The highest BCUT2D eigenvalue weighted by Gasteiger charge is 2.16. The second kappa shape index (κ2) is 5.12. The van der Waals surface area contributed by atoms with Gasteiger partial charge in [0.2, 0.25) is 0 Å². The van der Waals surface area contributed by atoms with Gasteiger partial charge in [0.25, 0.3) is 0 Å². The fourth-order valence-electron chi connectivity index (χ4n) is 1.69. The van der Waals surface area contributed by atoms with E-state index in [1.165, 1.54) is 0 Å². The van der Waals surface area contributed by atoms with Crippen molar-refractivity contribution in [1.29, 1.82) is 0 Å². The molecule has 2 N–H and O–H groups in total. The Balaban J connectivity index is 2.81. The van der Waals surface area contributed by atoms with E-state index in [9.17, 15) is 4.79 Å². The predicted octanol–water partition coefficient (Wildman–Crippen LogP) is 2.30. The van der Waals surface area contributed by atoms with Crippen LogP contribution in [0.3, 0.4) is 0 Å². The van der Waals surface area contributed by atoms with E-state index in [2.05, 4.69) is 24.5 Å². The van der Waals surface area contributed by atoms with E-state index in [0.29, 0.717) is 0 Å². The van der Waals surface area contributed by atoms with Gasteiger partial charge in [-0.2, -0.15) is 0 Å². The molecule has 0 heterocycles. The maximum atomic E-state index is 11.2. The number of hydrogen-bond donors (Lipinski definition) is 2. The van der Waals surface area contributed by atoms with Gasteiger partial charge in [-0.05, 0) is 40.0 Å². The number of carbonyl (C=O) groups excluding carboxylic acids is 1. The van der Waals surface area contributed by atoms with Gasteiger partial charge in [0.05, 0.1) is 0 Å². The Hall–Kier alpha value is -1.35.